The number of hydrogen-bond acceptors (Lipinski definition) is 8. The van der Waals surface area contributed by atoms with Gasteiger partial charge in [-0.1, -0.05) is 0 Å². The van der Waals surface area contributed by atoms with Crippen LogP contribution in [-0.2, 0) is 34.2 Å². The minimum atomic E-state index is -1.33. The molecule has 5 heterocycles. The van der Waals surface area contributed by atoms with Crippen LogP contribution in [0.15, 0.2) is 12.1 Å². The van der Waals surface area contributed by atoms with Crippen molar-refractivity contribution < 1.29 is 28.5 Å². The van der Waals surface area contributed by atoms with E-state index in [2.05, 4.69) is 4.37 Å². The summed E-state index contributed by atoms with van der Waals surface area (Å²) >= 11 is 1.34. The molecular weight excluding hydrogens is 583 g/mol. The lowest BCUT2D eigenvalue weighted by molar-refractivity contribution is -0.160. The van der Waals surface area contributed by atoms with E-state index in [-0.39, 0.29) is 5.75 Å². The number of aryl methyl sites for hydroxylation is 2. The summed E-state index contributed by atoms with van der Waals surface area (Å²) in [5.41, 5.74) is 4.47. The lowest BCUT2D eigenvalue weighted by atomic mass is 9.86. The van der Waals surface area contributed by atoms with Crippen molar-refractivity contribution in [1.82, 2.24) is 18.9 Å². The van der Waals surface area contributed by atoms with Crippen molar-refractivity contribution in [3.05, 3.63) is 46.2 Å². The summed E-state index contributed by atoms with van der Waals surface area (Å²) in [6.07, 6.45) is 2.93. The van der Waals surface area contributed by atoms with E-state index < -0.39 is 23.5 Å². The number of nitrogens with zero attached hydrogens (tertiary/aromatic N) is 4. The Balaban J connectivity index is 1.57. The summed E-state index contributed by atoms with van der Waals surface area (Å²) < 4.78 is 39.7. The molecule has 3 aromatic heterocycles. The summed E-state index contributed by atoms with van der Waals surface area (Å²) in [5.74, 6) is -0.0111. The molecule has 234 valence electrons. The molecule has 0 unspecified atom stereocenters. The summed E-state index contributed by atoms with van der Waals surface area (Å²) in [6, 6.07) is 3.44. The van der Waals surface area contributed by atoms with Gasteiger partial charge in [-0.15, -0.1) is 0 Å². The maximum atomic E-state index is 15.7. The number of aliphatic carboxylic acids is 1. The first-order valence-electron chi connectivity index (χ1n) is 15.2. The fraction of sp³-hybridized carbons (Fsp3) is 0.515. The zero-order valence-corrected chi connectivity index (χ0v) is 26.9. The second-order valence-corrected chi connectivity index (χ2v) is 13.6. The third-order valence-electron chi connectivity index (χ3n) is 8.57. The molecule has 9 nitrogen and oxygen atoms in total. The van der Waals surface area contributed by atoms with Crippen molar-refractivity contribution in [3.63, 3.8) is 0 Å². The molecule has 0 bridgehead atoms. The topological polar surface area (TPSA) is 109 Å². The molecule has 4 aromatic rings. The first-order valence-corrected chi connectivity index (χ1v) is 16.0. The Morgan fingerprint density at radius 3 is 2.66 bits per heavy atom. The Labute approximate surface area is 260 Å². The monoisotopic (exact) mass is 622 g/mol. The van der Waals surface area contributed by atoms with Crippen molar-refractivity contribution in [2.24, 2.45) is 13.0 Å². The number of aromatic nitrogens is 4. The zero-order chi connectivity index (χ0) is 31.3. The van der Waals surface area contributed by atoms with Crippen LogP contribution >= 0.6 is 11.5 Å². The van der Waals surface area contributed by atoms with E-state index in [4.69, 9.17) is 24.2 Å². The maximum absolute atomic E-state index is 15.7. The molecule has 2 aliphatic heterocycles. The van der Waals surface area contributed by atoms with Crippen molar-refractivity contribution in [2.45, 2.75) is 78.4 Å². The molecule has 0 radical (unpaired) electrons. The minimum absolute atomic E-state index is 0.279. The normalized spacial score (nSPS) is 16.6. The van der Waals surface area contributed by atoms with Crippen LogP contribution in [0.5, 0.6) is 5.75 Å². The van der Waals surface area contributed by atoms with Gasteiger partial charge in [0.1, 0.15) is 11.5 Å². The molecule has 1 N–H and O–H groups in total. The van der Waals surface area contributed by atoms with E-state index in [0.29, 0.717) is 52.4 Å². The van der Waals surface area contributed by atoms with Crippen molar-refractivity contribution in [3.8, 4) is 27.6 Å². The van der Waals surface area contributed by atoms with Crippen molar-refractivity contribution in [2.75, 3.05) is 19.8 Å². The summed E-state index contributed by atoms with van der Waals surface area (Å²) in [7, 11) is 1.92. The SMILES string of the molecule is Cc1nc2c(cc(-c3nc(CC4CCOCC4)ns3)n2C)c(-c2cc(F)c3c(c2C)CCCO3)c1[C@H](OC(C)(C)C)C(=O)O. The van der Waals surface area contributed by atoms with Gasteiger partial charge in [-0.3, -0.25) is 0 Å². The van der Waals surface area contributed by atoms with E-state index in [0.717, 1.165) is 66.5 Å². The molecule has 11 heteroatoms. The Morgan fingerprint density at radius 1 is 1.20 bits per heavy atom. The van der Waals surface area contributed by atoms with Crippen LogP contribution in [0.4, 0.5) is 4.39 Å². The average molecular weight is 623 g/mol. The number of hydrogen-bond donors (Lipinski definition) is 1. The van der Waals surface area contributed by atoms with Crippen LogP contribution in [-0.4, -0.2) is 55.4 Å². The van der Waals surface area contributed by atoms with Gasteiger partial charge < -0.3 is 23.9 Å². The number of carboxylic acids is 1. The lowest BCUT2D eigenvalue weighted by Gasteiger charge is -2.29. The highest BCUT2D eigenvalue weighted by molar-refractivity contribution is 7.09. The van der Waals surface area contributed by atoms with Crippen LogP contribution in [0.1, 0.15) is 74.3 Å². The van der Waals surface area contributed by atoms with Gasteiger partial charge in [0.2, 0.25) is 0 Å². The second-order valence-electron chi connectivity index (χ2n) is 12.8. The summed E-state index contributed by atoms with van der Waals surface area (Å²) in [5, 5.41) is 11.9. The van der Waals surface area contributed by atoms with Gasteiger partial charge in [0.15, 0.2) is 22.7 Å². The van der Waals surface area contributed by atoms with Gasteiger partial charge in [-0.05, 0) is 101 Å². The van der Waals surface area contributed by atoms with Crippen LogP contribution in [0.3, 0.4) is 0 Å². The third kappa shape index (κ3) is 5.73. The number of pyridine rings is 1. The van der Waals surface area contributed by atoms with Crippen molar-refractivity contribution >= 4 is 28.5 Å². The third-order valence-corrected chi connectivity index (χ3v) is 9.34. The van der Waals surface area contributed by atoms with Gasteiger partial charge in [0.25, 0.3) is 0 Å². The van der Waals surface area contributed by atoms with E-state index in [1.807, 2.05) is 45.4 Å². The summed E-state index contributed by atoms with van der Waals surface area (Å²) in [6.45, 7) is 11.2. The first kappa shape index (κ1) is 30.6. The predicted octanol–water partition coefficient (Wildman–Crippen LogP) is 6.75. The van der Waals surface area contributed by atoms with Gasteiger partial charge in [-0.2, -0.15) is 4.37 Å². The lowest BCUT2D eigenvalue weighted by Crippen LogP contribution is -2.28. The Kier molecular flexibility index (Phi) is 8.23. The summed E-state index contributed by atoms with van der Waals surface area (Å²) in [4.78, 5) is 22.6. The molecule has 44 heavy (non-hydrogen) atoms. The van der Waals surface area contributed by atoms with Gasteiger partial charge in [0.05, 0.1) is 17.9 Å². The fourth-order valence-corrected chi connectivity index (χ4v) is 7.17. The van der Waals surface area contributed by atoms with Gasteiger partial charge in [-0.25, -0.2) is 19.2 Å². The number of ether oxygens (including phenoxy) is 3. The molecular formula is C33H39FN4O5S. The van der Waals surface area contributed by atoms with Crippen LogP contribution in [0.2, 0.25) is 0 Å². The fourth-order valence-electron chi connectivity index (χ4n) is 6.43. The van der Waals surface area contributed by atoms with Crippen molar-refractivity contribution in [1.29, 1.82) is 0 Å². The average Bonchev–Trinajstić information content (AvgIpc) is 3.57. The number of carbonyl (C=O) groups is 1. The molecule has 1 atom stereocenters. The Bertz CT molecular complexity index is 1730. The largest absolute Gasteiger partial charge is 0.490 e. The zero-order valence-electron chi connectivity index (χ0n) is 26.1. The van der Waals surface area contributed by atoms with E-state index in [1.165, 1.54) is 17.6 Å². The standard InChI is InChI=1S/C33H39FN4O5S/c1-17-20-8-7-11-42-28(20)23(34)15-21(17)27-22-16-24(31-36-25(37-44-31)14-19-9-12-41-13-10-19)38(6)30(22)35-18(2)26(27)29(32(39)40)43-33(3,4)5/h15-16,19,29H,7-14H2,1-6H3,(H,39,40)/t29-/m0/s1. The highest BCUT2D eigenvalue weighted by Gasteiger charge is 2.35. The Hall–Kier alpha value is -3.41. The maximum Gasteiger partial charge on any atom is 0.337 e. The molecule has 0 aliphatic carbocycles. The van der Waals surface area contributed by atoms with Crippen LogP contribution in [0.25, 0.3) is 32.9 Å². The van der Waals surface area contributed by atoms with Crippen LogP contribution in [0, 0.1) is 25.6 Å². The molecule has 0 amide bonds. The number of carboxylic acid groups (broad SMARTS) is 1. The molecule has 1 fully saturated rings. The van der Waals surface area contributed by atoms with Gasteiger partial charge >= 0.3 is 5.97 Å². The molecule has 0 saturated carbocycles. The predicted molar refractivity (Wildman–Crippen MR) is 167 cm³/mol. The first-order chi connectivity index (χ1) is 20.9. The van der Waals surface area contributed by atoms with E-state index in [9.17, 15) is 9.90 Å². The van der Waals surface area contributed by atoms with E-state index in [1.54, 1.807) is 6.92 Å². The Morgan fingerprint density at radius 2 is 1.95 bits per heavy atom. The van der Waals surface area contributed by atoms with Gasteiger partial charge in [0, 0.05) is 54.5 Å². The quantitative estimate of drug-likeness (QED) is 0.241. The minimum Gasteiger partial charge on any atom is -0.490 e. The number of fused-ring (bicyclic) bond motifs is 2. The second kappa shape index (κ2) is 11.8. The molecule has 2 aliphatic rings. The number of rotatable bonds is 7. The smallest absolute Gasteiger partial charge is 0.337 e. The highest BCUT2D eigenvalue weighted by Crippen LogP contribution is 2.45. The molecule has 1 aromatic carbocycles. The number of benzene rings is 1. The van der Waals surface area contributed by atoms with E-state index >= 15 is 4.39 Å². The number of halogens is 1. The molecule has 6 rings (SSSR count). The highest BCUT2D eigenvalue weighted by atomic mass is 32.1. The molecule has 1 saturated heterocycles. The van der Waals surface area contributed by atoms with Crippen LogP contribution < -0.4 is 4.74 Å². The molecule has 0 spiro atoms.